The van der Waals surface area contributed by atoms with Crippen molar-refractivity contribution >= 4 is 5.82 Å². The first-order valence-electron chi connectivity index (χ1n) is 4.94. The van der Waals surface area contributed by atoms with E-state index in [0.29, 0.717) is 11.4 Å². The van der Waals surface area contributed by atoms with E-state index in [1.165, 1.54) is 17.3 Å². The van der Waals surface area contributed by atoms with Gasteiger partial charge in [0.15, 0.2) is 0 Å². The standard InChI is InChI=1S/C12H12N4/c1-8-3-4-11(5-9(8)2)16-12(14)10(6-13)7-15-16/h3-5,7H,14H2,1-2H3. The summed E-state index contributed by atoms with van der Waals surface area (Å²) in [5.41, 5.74) is 9.48. The molecule has 1 heterocycles. The Bertz CT molecular complexity index is 575. The number of hydrogen-bond acceptors (Lipinski definition) is 3. The van der Waals surface area contributed by atoms with Crippen LogP contribution in [-0.2, 0) is 0 Å². The summed E-state index contributed by atoms with van der Waals surface area (Å²) in [4.78, 5) is 0. The summed E-state index contributed by atoms with van der Waals surface area (Å²) < 4.78 is 1.57. The van der Waals surface area contributed by atoms with Gasteiger partial charge in [-0.2, -0.15) is 10.4 Å². The van der Waals surface area contributed by atoms with Gasteiger partial charge in [-0.3, -0.25) is 0 Å². The molecule has 0 saturated carbocycles. The zero-order valence-corrected chi connectivity index (χ0v) is 9.23. The van der Waals surface area contributed by atoms with E-state index in [0.717, 1.165) is 5.69 Å². The van der Waals surface area contributed by atoms with Gasteiger partial charge < -0.3 is 5.73 Å². The molecule has 1 aromatic heterocycles. The molecule has 0 saturated heterocycles. The molecule has 4 nitrogen and oxygen atoms in total. The van der Waals surface area contributed by atoms with Crippen LogP contribution in [-0.4, -0.2) is 9.78 Å². The smallest absolute Gasteiger partial charge is 0.145 e. The molecule has 0 amide bonds. The van der Waals surface area contributed by atoms with Crippen LogP contribution in [0.25, 0.3) is 5.69 Å². The molecule has 0 unspecified atom stereocenters. The van der Waals surface area contributed by atoms with Crippen molar-refractivity contribution in [1.29, 1.82) is 5.26 Å². The van der Waals surface area contributed by atoms with Gasteiger partial charge in [-0.1, -0.05) is 6.07 Å². The average Bonchev–Trinajstić information content (AvgIpc) is 2.64. The van der Waals surface area contributed by atoms with E-state index in [1.807, 2.05) is 38.1 Å². The Morgan fingerprint density at radius 1 is 1.31 bits per heavy atom. The average molecular weight is 212 g/mol. The first-order valence-corrected chi connectivity index (χ1v) is 4.94. The van der Waals surface area contributed by atoms with Gasteiger partial charge >= 0.3 is 0 Å². The minimum absolute atomic E-state index is 0.380. The van der Waals surface area contributed by atoms with Crippen LogP contribution >= 0.6 is 0 Å². The Balaban J connectivity index is 2.55. The molecule has 0 aliphatic rings. The molecule has 0 atom stereocenters. The Morgan fingerprint density at radius 3 is 2.62 bits per heavy atom. The summed E-state index contributed by atoms with van der Waals surface area (Å²) in [6, 6.07) is 7.95. The van der Waals surface area contributed by atoms with Crippen LogP contribution in [0, 0.1) is 25.2 Å². The van der Waals surface area contributed by atoms with Crippen molar-refractivity contribution in [2.75, 3.05) is 5.73 Å². The predicted octanol–water partition coefficient (Wildman–Crippen LogP) is 1.94. The van der Waals surface area contributed by atoms with Crippen LogP contribution in [0.1, 0.15) is 16.7 Å². The van der Waals surface area contributed by atoms with Gasteiger partial charge in [0, 0.05) is 0 Å². The molecule has 0 radical (unpaired) electrons. The van der Waals surface area contributed by atoms with E-state index in [-0.39, 0.29) is 0 Å². The normalized spacial score (nSPS) is 10.1. The molecule has 2 rings (SSSR count). The lowest BCUT2D eigenvalue weighted by Crippen LogP contribution is -2.03. The predicted molar refractivity (Wildman–Crippen MR) is 62.2 cm³/mol. The van der Waals surface area contributed by atoms with Crippen molar-refractivity contribution in [1.82, 2.24) is 9.78 Å². The molecule has 2 N–H and O–H groups in total. The molecule has 1 aromatic carbocycles. The minimum atomic E-state index is 0.380. The first kappa shape index (κ1) is 10.2. The Kier molecular flexibility index (Phi) is 2.37. The Labute approximate surface area is 93.9 Å². The second-order valence-electron chi connectivity index (χ2n) is 3.74. The second-order valence-corrected chi connectivity index (χ2v) is 3.74. The van der Waals surface area contributed by atoms with Crippen LogP contribution < -0.4 is 5.73 Å². The summed E-state index contributed by atoms with van der Waals surface area (Å²) in [7, 11) is 0. The number of nitrogen functional groups attached to an aromatic ring is 1. The lowest BCUT2D eigenvalue weighted by Gasteiger charge is -2.06. The topological polar surface area (TPSA) is 67.6 Å². The number of benzene rings is 1. The van der Waals surface area contributed by atoms with Crippen molar-refractivity contribution in [2.45, 2.75) is 13.8 Å². The van der Waals surface area contributed by atoms with Crippen LogP contribution in [0.4, 0.5) is 5.82 Å². The van der Waals surface area contributed by atoms with Crippen molar-refractivity contribution in [3.05, 3.63) is 41.1 Å². The van der Waals surface area contributed by atoms with Gasteiger partial charge in [-0.05, 0) is 37.1 Å². The lowest BCUT2D eigenvalue weighted by molar-refractivity contribution is 0.889. The van der Waals surface area contributed by atoms with Crippen LogP contribution in [0.5, 0.6) is 0 Å². The molecule has 0 spiro atoms. The molecule has 0 bridgehead atoms. The highest BCUT2D eigenvalue weighted by Gasteiger charge is 2.08. The molecule has 2 aromatic rings. The number of aryl methyl sites for hydroxylation is 2. The fraction of sp³-hybridized carbons (Fsp3) is 0.167. The van der Waals surface area contributed by atoms with Crippen molar-refractivity contribution in [3.63, 3.8) is 0 Å². The van der Waals surface area contributed by atoms with E-state index in [1.54, 1.807) is 4.68 Å². The number of nitrogens with zero attached hydrogens (tertiary/aromatic N) is 3. The number of hydrogen-bond donors (Lipinski definition) is 1. The van der Waals surface area contributed by atoms with E-state index < -0.39 is 0 Å². The third kappa shape index (κ3) is 1.52. The van der Waals surface area contributed by atoms with Gasteiger partial charge in [0.2, 0.25) is 0 Å². The van der Waals surface area contributed by atoms with Crippen LogP contribution in [0.3, 0.4) is 0 Å². The molecule has 4 heteroatoms. The summed E-state index contributed by atoms with van der Waals surface area (Å²) in [6.07, 6.45) is 1.48. The largest absolute Gasteiger partial charge is 0.382 e. The number of nitriles is 1. The highest BCUT2D eigenvalue weighted by Crippen LogP contribution is 2.18. The highest BCUT2D eigenvalue weighted by molar-refractivity contribution is 5.53. The van der Waals surface area contributed by atoms with Crippen LogP contribution in [0.15, 0.2) is 24.4 Å². The lowest BCUT2D eigenvalue weighted by atomic mass is 10.1. The highest BCUT2D eigenvalue weighted by atomic mass is 15.3. The zero-order valence-electron chi connectivity index (χ0n) is 9.23. The maximum absolute atomic E-state index is 8.79. The Hall–Kier alpha value is -2.28. The third-order valence-corrected chi connectivity index (χ3v) is 2.66. The summed E-state index contributed by atoms with van der Waals surface area (Å²) >= 11 is 0. The van der Waals surface area contributed by atoms with E-state index in [2.05, 4.69) is 5.10 Å². The number of nitrogens with two attached hydrogens (primary N) is 1. The van der Waals surface area contributed by atoms with Gasteiger partial charge in [-0.25, -0.2) is 4.68 Å². The maximum atomic E-state index is 8.79. The number of aromatic nitrogens is 2. The first-order chi connectivity index (χ1) is 7.63. The monoisotopic (exact) mass is 212 g/mol. The van der Waals surface area contributed by atoms with Gasteiger partial charge in [-0.15, -0.1) is 0 Å². The van der Waals surface area contributed by atoms with Gasteiger partial charge in [0.05, 0.1) is 11.9 Å². The molecule has 0 aliphatic carbocycles. The molecular weight excluding hydrogens is 200 g/mol. The molecular formula is C12H12N4. The van der Waals surface area contributed by atoms with E-state index >= 15 is 0 Å². The van der Waals surface area contributed by atoms with Crippen LogP contribution in [0.2, 0.25) is 0 Å². The third-order valence-electron chi connectivity index (χ3n) is 2.66. The fourth-order valence-corrected chi connectivity index (χ4v) is 1.51. The van der Waals surface area contributed by atoms with Crippen molar-refractivity contribution in [2.24, 2.45) is 0 Å². The number of anilines is 1. The summed E-state index contributed by atoms with van der Waals surface area (Å²) in [5, 5.41) is 12.9. The van der Waals surface area contributed by atoms with E-state index in [4.69, 9.17) is 11.0 Å². The maximum Gasteiger partial charge on any atom is 0.145 e. The summed E-state index contributed by atoms with van der Waals surface area (Å²) in [6.45, 7) is 4.08. The van der Waals surface area contributed by atoms with Crippen molar-refractivity contribution < 1.29 is 0 Å². The molecule has 16 heavy (non-hydrogen) atoms. The minimum Gasteiger partial charge on any atom is -0.382 e. The fourth-order valence-electron chi connectivity index (χ4n) is 1.51. The number of rotatable bonds is 1. The Morgan fingerprint density at radius 2 is 2.06 bits per heavy atom. The molecule has 80 valence electrons. The van der Waals surface area contributed by atoms with E-state index in [9.17, 15) is 0 Å². The summed E-state index contributed by atoms with van der Waals surface area (Å²) in [5.74, 6) is 0.380. The second kappa shape index (κ2) is 3.70. The molecule has 0 aliphatic heterocycles. The SMILES string of the molecule is Cc1ccc(-n2ncc(C#N)c2N)cc1C. The molecule has 0 fully saturated rings. The van der Waals surface area contributed by atoms with Crippen molar-refractivity contribution in [3.8, 4) is 11.8 Å². The quantitative estimate of drug-likeness (QED) is 0.785. The van der Waals surface area contributed by atoms with Gasteiger partial charge in [0.1, 0.15) is 17.5 Å². The zero-order chi connectivity index (χ0) is 11.7. The van der Waals surface area contributed by atoms with Gasteiger partial charge in [0.25, 0.3) is 0 Å².